The summed E-state index contributed by atoms with van der Waals surface area (Å²) in [7, 11) is 0. The van der Waals surface area contributed by atoms with Crippen molar-refractivity contribution in [2.24, 2.45) is 5.41 Å². The van der Waals surface area contributed by atoms with E-state index in [2.05, 4.69) is 31.6 Å². The predicted octanol–water partition coefficient (Wildman–Crippen LogP) is 1.19. The quantitative estimate of drug-likeness (QED) is 0.747. The summed E-state index contributed by atoms with van der Waals surface area (Å²) in [6.45, 7) is 10.0. The molecular formula is C20H31N5O2. The molecule has 0 aliphatic carbocycles. The molecule has 7 heteroatoms. The fourth-order valence-electron chi connectivity index (χ4n) is 4.54. The minimum Gasteiger partial charge on any atom is -0.379 e. The SMILES string of the molecule is CCCc1cnc(N2CCC3(CCN(CCN4CCOCC4)C3=O)C2)nc1. The highest BCUT2D eigenvalue weighted by atomic mass is 16.5. The second-order valence-electron chi connectivity index (χ2n) is 8.09. The maximum absolute atomic E-state index is 13.1. The molecule has 3 aliphatic rings. The zero-order valence-electron chi connectivity index (χ0n) is 16.4. The highest BCUT2D eigenvalue weighted by Crippen LogP contribution is 2.41. The van der Waals surface area contributed by atoms with Crippen LogP contribution >= 0.6 is 0 Å². The number of aromatic nitrogens is 2. The molecule has 1 amide bonds. The van der Waals surface area contributed by atoms with Gasteiger partial charge in [0.1, 0.15) is 0 Å². The van der Waals surface area contributed by atoms with E-state index < -0.39 is 0 Å². The molecule has 27 heavy (non-hydrogen) atoms. The van der Waals surface area contributed by atoms with Crippen molar-refractivity contribution in [3.8, 4) is 0 Å². The van der Waals surface area contributed by atoms with Crippen LogP contribution in [0.2, 0.25) is 0 Å². The molecular weight excluding hydrogens is 342 g/mol. The lowest BCUT2D eigenvalue weighted by atomic mass is 9.85. The average molecular weight is 374 g/mol. The summed E-state index contributed by atoms with van der Waals surface area (Å²) < 4.78 is 5.40. The van der Waals surface area contributed by atoms with Gasteiger partial charge in [0.25, 0.3) is 0 Å². The molecule has 4 rings (SSSR count). The van der Waals surface area contributed by atoms with Gasteiger partial charge in [-0.1, -0.05) is 13.3 Å². The second-order valence-corrected chi connectivity index (χ2v) is 8.09. The number of rotatable bonds is 6. The van der Waals surface area contributed by atoms with Gasteiger partial charge >= 0.3 is 0 Å². The van der Waals surface area contributed by atoms with Crippen molar-refractivity contribution in [1.82, 2.24) is 19.8 Å². The van der Waals surface area contributed by atoms with Gasteiger partial charge in [0.05, 0.1) is 18.6 Å². The van der Waals surface area contributed by atoms with Gasteiger partial charge in [0.2, 0.25) is 11.9 Å². The summed E-state index contributed by atoms with van der Waals surface area (Å²) in [4.78, 5) is 28.9. The number of hydrogen-bond acceptors (Lipinski definition) is 6. The molecule has 148 valence electrons. The van der Waals surface area contributed by atoms with Gasteiger partial charge in [-0.05, 0) is 24.8 Å². The van der Waals surface area contributed by atoms with E-state index in [-0.39, 0.29) is 5.41 Å². The van der Waals surface area contributed by atoms with Crippen molar-refractivity contribution in [3.63, 3.8) is 0 Å². The first-order chi connectivity index (χ1) is 13.2. The number of ether oxygens (including phenoxy) is 1. The van der Waals surface area contributed by atoms with Crippen molar-refractivity contribution < 1.29 is 9.53 Å². The highest BCUT2D eigenvalue weighted by Gasteiger charge is 2.51. The summed E-state index contributed by atoms with van der Waals surface area (Å²) in [6.07, 6.45) is 7.86. The number of hydrogen-bond donors (Lipinski definition) is 0. The van der Waals surface area contributed by atoms with Crippen LogP contribution in [0.15, 0.2) is 12.4 Å². The number of carbonyl (C=O) groups is 1. The number of morpholine rings is 1. The van der Waals surface area contributed by atoms with Crippen LogP contribution < -0.4 is 4.90 Å². The van der Waals surface area contributed by atoms with Crippen LogP contribution in [0.1, 0.15) is 31.7 Å². The fourth-order valence-corrected chi connectivity index (χ4v) is 4.54. The molecule has 1 unspecified atom stereocenters. The highest BCUT2D eigenvalue weighted by molar-refractivity contribution is 5.86. The van der Waals surface area contributed by atoms with E-state index >= 15 is 0 Å². The molecule has 0 bridgehead atoms. The summed E-state index contributed by atoms with van der Waals surface area (Å²) in [5.74, 6) is 1.10. The Hall–Kier alpha value is -1.73. The molecule has 3 aliphatic heterocycles. The van der Waals surface area contributed by atoms with E-state index in [0.717, 1.165) is 90.7 Å². The first-order valence-electron chi connectivity index (χ1n) is 10.4. The molecule has 1 aromatic rings. The second kappa shape index (κ2) is 8.10. The van der Waals surface area contributed by atoms with Gasteiger partial charge in [-0.15, -0.1) is 0 Å². The Morgan fingerprint density at radius 3 is 2.56 bits per heavy atom. The van der Waals surface area contributed by atoms with Crippen molar-refractivity contribution in [2.75, 3.05) is 63.9 Å². The molecule has 1 spiro atoms. The third kappa shape index (κ3) is 3.94. The summed E-state index contributed by atoms with van der Waals surface area (Å²) >= 11 is 0. The van der Waals surface area contributed by atoms with E-state index in [9.17, 15) is 4.79 Å². The summed E-state index contributed by atoms with van der Waals surface area (Å²) in [5.41, 5.74) is 0.956. The van der Waals surface area contributed by atoms with Crippen LogP contribution in [-0.2, 0) is 16.0 Å². The third-order valence-electron chi connectivity index (χ3n) is 6.26. The van der Waals surface area contributed by atoms with E-state index in [0.29, 0.717) is 5.91 Å². The number of anilines is 1. The van der Waals surface area contributed by atoms with Crippen LogP contribution in [0.25, 0.3) is 0 Å². The van der Waals surface area contributed by atoms with Gasteiger partial charge in [-0.25, -0.2) is 9.97 Å². The van der Waals surface area contributed by atoms with Crippen LogP contribution in [0, 0.1) is 5.41 Å². The molecule has 0 saturated carbocycles. The molecule has 3 fully saturated rings. The first-order valence-corrected chi connectivity index (χ1v) is 10.4. The van der Waals surface area contributed by atoms with Gasteiger partial charge in [-0.2, -0.15) is 0 Å². The van der Waals surface area contributed by atoms with Crippen LogP contribution in [0.4, 0.5) is 5.95 Å². The normalized spacial score (nSPS) is 26.5. The van der Waals surface area contributed by atoms with Crippen LogP contribution in [0.3, 0.4) is 0 Å². The van der Waals surface area contributed by atoms with E-state index in [4.69, 9.17) is 4.74 Å². The lowest BCUT2D eigenvalue weighted by Gasteiger charge is -2.29. The lowest BCUT2D eigenvalue weighted by molar-refractivity contribution is -0.135. The Kier molecular flexibility index (Phi) is 5.59. The Balaban J connectivity index is 1.33. The number of likely N-dealkylation sites (tertiary alicyclic amines) is 1. The summed E-state index contributed by atoms with van der Waals surface area (Å²) in [6, 6.07) is 0. The topological polar surface area (TPSA) is 61.8 Å². The van der Waals surface area contributed by atoms with Gasteiger partial charge in [0.15, 0.2) is 0 Å². The number of aryl methyl sites for hydroxylation is 1. The predicted molar refractivity (Wildman–Crippen MR) is 104 cm³/mol. The molecule has 0 radical (unpaired) electrons. The molecule has 7 nitrogen and oxygen atoms in total. The van der Waals surface area contributed by atoms with E-state index in [1.807, 2.05) is 12.4 Å². The number of amides is 1. The first kappa shape index (κ1) is 18.6. The Morgan fingerprint density at radius 2 is 1.81 bits per heavy atom. The van der Waals surface area contributed by atoms with Crippen LogP contribution in [-0.4, -0.2) is 84.7 Å². The van der Waals surface area contributed by atoms with Crippen molar-refractivity contribution in [1.29, 1.82) is 0 Å². The van der Waals surface area contributed by atoms with E-state index in [1.54, 1.807) is 0 Å². The number of carbonyl (C=O) groups excluding carboxylic acids is 1. The smallest absolute Gasteiger partial charge is 0.230 e. The molecule has 4 heterocycles. The monoisotopic (exact) mass is 373 g/mol. The maximum Gasteiger partial charge on any atom is 0.230 e. The largest absolute Gasteiger partial charge is 0.379 e. The van der Waals surface area contributed by atoms with Crippen molar-refractivity contribution in [3.05, 3.63) is 18.0 Å². The fraction of sp³-hybridized carbons (Fsp3) is 0.750. The third-order valence-corrected chi connectivity index (χ3v) is 6.26. The Morgan fingerprint density at radius 1 is 1.07 bits per heavy atom. The van der Waals surface area contributed by atoms with E-state index in [1.165, 1.54) is 5.56 Å². The number of nitrogens with zero attached hydrogens (tertiary/aromatic N) is 5. The maximum atomic E-state index is 13.1. The zero-order chi connectivity index (χ0) is 18.7. The van der Waals surface area contributed by atoms with Gasteiger partial charge in [-0.3, -0.25) is 9.69 Å². The molecule has 0 N–H and O–H groups in total. The zero-order valence-corrected chi connectivity index (χ0v) is 16.4. The van der Waals surface area contributed by atoms with Crippen molar-refractivity contribution >= 4 is 11.9 Å². The van der Waals surface area contributed by atoms with Gasteiger partial charge in [0, 0.05) is 58.2 Å². The lowest BCUT2D eigenvalue weighted by Crippen LogP contribution is -2.43. The van der Waals surface area contributed by atoms with Crippen molar-refractivity contribution in [2.45, 2.75) is 32.6 Å². The van der Waals surface area contributed by atoms with Crippen LogP contribution in [0.5, 0.6) is 0 Å². The minimum atomic E-state index is -0.226. The Bertz CT molecular complexity index is 646. The standard InChI is InChI=1S/C20H31N5O2/c1-2-3-17-14-21-19(22-15-17)25-7-5-20(16-25)4-6-24(18(20)26)9-8-23-10-12-27-13-11-23/h14-15H,2-13,16H2,1H3. The van der Waals surface area contributed by atoms with Gasteiger partial charge < -0.3 is 14.5 Å². The summed E-state index contributed by atoms with van der Waals surface area (Å²) in [5, 5.41) is 0. The molecule has 3 saturated heterocycles. The Labute approximate surface area is 161 Å². The molecule has 1 atom stereocenters. The molecule has 1 aromatic heterocycles. The average Bonchev–Trinajstić information content (AvgIpc) is 3.27. The minimum absolute atomic E-state index is 0.226. The molecule has 0 aromatic carbocycles.